The van der Waals surface area contributed by atoms with Crippen molar-refractivity contribution in [1.82, 2.24) is 9.88 Å². The van der Waals surface area contributed by atoms with Crippen molar-refractivity contribution in [3.05, 3.63) is 35.9 Å². The summed E-state index contributed by atoms with van der Waals surface area (Å²) in [5, 5.41) is 12.7. The van der Waals surface area contributed by atoms with Gasteiger partial charge in [0.25, 0.3) is 0 Å². The molecule has 200 valence electrons. The fourth-order valence-electron chi connectivity index (χ4n) is 5.14. The molecule has 3 aliphatic heterocycles. The zero-order valence-corrected chi connectivity index (χ0v) is 20.8. The zero-order chi connectivity index (χ0) is 26.2. The molecule has 1 unspecified atom stereocenters. The van der Waals surface area contributed by atoms with Crippen molar-refractivity contribution in [3.8, 4) is 11.1 Å². The lowest BCUT2D eigenvalue weighted by Gasteiger charge is -2.38. The molecule has 0 radical (unpaired) electrons. The van der Waals surface area contributed by atoms with Crippen LogP contribution in [0.5, 0.6) is 0 Å². The number of nitrogens with one attached hydrogen (secondary N) is 1. The lowest BCUT2D eigenvalue weighted by molar-refractivity contribution is -0.143. The zero-order valence-electron chi connectivity index (χ0n) is 20.8. The highest BCUT2D eigenvalue weighted by molar-refractivity contribution is 5.91. The van der Waals surface area contributed by atoms with Crippen LogP contribution >= 0.6 is 0 Å². The van der Waals surface area contributed by atoms with Gasteiger partial charge in [0.2, 0.25) is 0 Å². The van der Waals surface area contributed by atoms with Gasteiger partial charge in [0, 0.05) is 51.4 Å². The van der Waals surface area contributed by atoms with Crippen molar-refractivity contribution in [1.29, 1.82) is 0 Å². The van der Waals surface area contributed by atoms with E-state index in [1.165, 1.54) is 4.90 Å². The first-order valence-corrected chi connectivity index (χ1v) is 12.7. The Bertz CT molecular complexity index is 1130. The number of anilines is 3. The van der Waals surface area contributed by atoms with Crippen molar-refractivity contribution >= 4 is 23.4 Å². The van der Waals surface area contributed by atoms with Gasteiger partial charge < -0.3 is 29.9 Å². The molecular weight excluding hydrogens is 487 g/mol. The van der Waals surface area contributed by atoms with E-state index in [9.17, 15) is 23.1 Å². The van der Waals surface area contributed by atoms with E-state index < -0.39 is 24.5 Å². The van der Waals surface area contributed by atoms with E-state index in [4.69, 9.17) is 9.72 Å². The number of pyridine rings is 1. The van der Waals surface area contributed by atoms with Crippen LogP contribution in [0.15, 0.2) is 30.3 Å². The SMILES string of the molecule is Cc1ccc(NC(=O)N2CCC(CC(F)(F)F)C2)cc1-c1cc(N2CCOCC2)nc(N2CC(O)C2)c1. The Labute approximate surface area is 214 Å². The second-order valence-corrected chi connectivity index (χ2v) is 10.1. The minimum Gasteiger partial charge on any atom is -0.389 e. The number of rotatable bonds is 5. The van der Waals surface area contributed by atoms with Gasteiger partial charge in [0.15, 0.2) is 0 Å². The smallest absolute Gasteiger partial charge is 0.389 e. The van der Waals surface area contributed by atoms with E-state index in [0.717, 1.165) is 41.4 Å². The number of aliphatic hydroxyl groups is 1. The number of nitrogens with zero attached hydrogens (tertiary/aromatic N) is 4. The number of ether oxygens (including phenoxy) is 1. The lowest BCUT2D eigenvalue weighted by atomic mass is 9.99. The number of benzene rings is 1. The number of hydrogen-bond acceptors (Lipinski definition) is 6. The van der Waals surface area contributed by atoms with Gasteiger partial charge in [-0.3, -0.25) is 0 Å². The Kier molecular flexibility index (Phi) is 7.17. The number of morpholine rings is 1. The van der Waals surface area contributed by atoms with E-state index in [1.54, 1.807) is 6.07 Å². The van der Waals surface area contributed by atoms with Crippen LogP contribution in [0.25, 0.3) is 11.1 Å². The summed E-state index contributed by atoms with van der Waals surface area (Å²) in [6.45, 7) is 6.18. The third-order valence-corrected chi connectivity index (χ3v) is 7.21. The molecule has 0 aliphatic carbocycles. The Hall–Kier alpha value is -3.05. The van der Waals surface area contributed by atoms with Crippen LogP contribution in [-0.2, 0) is 4.74 Å². The summed E-state index contributed by atoms with van der Waals surface area (Å²) in [6, 6.07) is 9.25. The van der Waals surface area contributed by atoms with E-state index in [1.807, 2.05) is 36.1 Å². The van der Waals surface area contributed by atoms with Crippen LogP contribution in [0.2, 0.25) is 0 Å². The predicted molar refractivity (Wildman–Crippen MR) is 135 cm³/mol. The normalized spacial score (nSPS) is 20.8. The first-order valence-electron chi connectivity index (χ1n) is 12.7. The van der Waals surface area contributed by atoms with Gasteiger partial charge in [0.05, 0.1) is 19.3 Å². The predicted octanol–water partition coefficient (Wildman–Crippen LogP) is 3.88. The van der Waals surface area contributed by atoms with Crippen LogP contribution < -0.4 is 15.1 Å². The quantitative estimate of drug-likeness (QED) is 0.624. The average molecular weight is 520 g/mol. The number of aryl methyl sites for hydroxylation is 1. The maximum absolute atomic E-state index is 12.8. The van der Waals surface area contributed by atoms with Crippen molar-refractivity contribution in [2.75, 3.05) is 67.6 Å². The fourth-order valence-corrected chi connectivity index (χ4v) is 5.14. The minimum absolute atomic E-state index is 0.0996. The molecule has 5 rings (SSSR count). The van der Waals surface area contributed by atoms with Crippen LogP contribution in [0.4, 0.5) is 35.3 Å². The average Bonchev–Trinajstić information content (AvgIpc) is 3.30. The standard InChI is InChI=1S/C26H32F3N5O3/c1-17-2-3-20(30-25(36)33-5-4-18(14-33)13-26(27,28)29)12-22(17)19-10-23(32-6-8-37-9-7-32)31-24(11-19)34-15-21(35)16-34/h2-3,10-12,18,21,35H,4-9,13-16H2,1H3,(H,30,36). The molecule has 0 saturated carbocycles. The molecule has 2 aromatic rings. The van der Waals surface area contributed by atoms with Gasteiger partial charge >= 0.3 is 12.2 Å². The summed E-state index contributed by atoms with van der Waals surface area (Å²) in [5.74, 6) is 1.05. The van der Waals surface area contributed by atoms with E-state index in [0.29, 0.717) is 45.0 Å². The van der Waals surface area contributed by atoms with E-state index in [-0.39, 0.29) is 12.6 Å². The van der Waals surface area contributed by atoms with Crippen LogP contribution in [0.3, 0.4) is 0 Å². The first kappa shape index (κ1) is 25.6. The number of aromatic nitrogens is 1. The third kappa shape index (κ3) is 6.10. The minimum atomic E-state index is -4.22. The van der Waals surface area contributed by atoms with Crippen molar-refractivity contribution in [2.24, 2.45) is 5.92 Å². The Morgan fingerprint density at radius 1 is 1.08 bits per heavy atom. The molecule has 2 amide bonds. The number of likely N-dealkylation sites (tertiary alicyclic amines) is 1. The van der Waals surface area contributed by atoms with Crippen LogP contribution in [0.1, 0.15) is 18.4 Å². The number of aliphatic hydroxyl groups excluding tert-OH is 1. The molecule has 3 saturated heterocycles. The number of halogens is 3. The van der Waals surface area contributed by atoms with Gasteiger partial charge in [-0.1, -0.05) is 6.07 Å². The second kappa shape index (κ2) is 10.4. The number of hydrogen-bond donors (Lipinski definition) is 2. The van der Waals surface area contributed by atoms with Crippen LogP contribution in [-0.4, -0.2) is 85.8 Å². The van der Waals surface area contributed by atoms with Gasteiger partial charge in [-0.05, 0) is 60.2 Å². The maximum Gasteiger partial charge on any atom is 0.389 e. The summed E-state index contributed by atoms with van der Waals surface area (Å²) in [7, 11) is 0. The summed E-state index contributed by atoms with van der Waals surface area (Å²) >= 11 is 0. The summed E-state index contributed by atoms with van der Waals surface area (Å²) in [5.41, 5.74) is 3.45. The molecule has 0 bridgehead atoms. The topological polar surface area (TPSA) is 81.2 Å². The molecule has 4 heterocycles. The Morgan fingerprint density at radius 2 is 1.78 bits per heavy atom. The Morgan fingerprint density at radius 3 is 2.46 bits per heavy atom. The monoisotopic (exact) mass is 519 g/mol. The fraction of sp³-hybridized carbons (Fsp3) is 0.538. The molecule has 3 fully saturated rings. The van der Waals surface area contributed by atoms with Gasteiger partial charge in [-0.25, -0.2) is 9.78 Å². The van der Waals surface area contributed by atoms with Crippen molar-refractivity contribution < 1.29 is 27.8 Å². The largest absolute Gasteiger partial charge is 0.389 e. The lowest BCUT2D eigenvalue weighted by Crippen LogP contribution is -2.51. The highest BCUT2D eigenvalue weighted by Crippen LogP contribution is 2.34. The number of carbonyl (C=O) groups excluding carboxylic acids is 1. The van der Waals surface area contributed by atoms with E-state index >= 15 is 0 Å². The van der Waals surface area contributed by atoms with Crippen molar-refractivity contribution in [3.63, 3.8) is 0 Å². The van der Waals surface area contributed by atoms with Gasteiger partial charge in [0.1, 0.15) is 11.6 Å². The van der Waals surface area contributed by atoms with Gasteiger partial charge in [-0.15, -0.1) is 0 Å². The highest BCUT2D eigenvalue weighted by atomic mass is 19.4. The third-order valence-electron chi connectivity index (χ3n) is 7.21. The molecular formula is C26H32F3N5O3. The molecule has 11 heteroatoms. The molecule has 1 atom stereocenters. The van der Waals surface area contributed by atoms with Crippen molar-refractivity contribution in [2.45, 2.75) is 32.0 Å². The number of amides is 2. The first-order chi connectivity index (χ1) is 17.6. The number of alkyl halides is 3. The molecule has 3 aliphatic rings. The summed E-state index contributed by atoms with van der Waals surface area (Å²) < 4.78 is 43.7. The molecule has 2 N–H and O–H groups in total. The second-order valence-electron chi connectivity index (χ2n) is 10.1. The number of urea groups is 1. The van der Waals surface area contributed by atoms with E-state index in [2.05, 4.69) is 10.2 Å². The van der Waals surface area contributed by atoms with Gasteiger partial charge in [-0.2, -0.15) is 13.2 Å². The number of carbonyl (C=O) groups is 1. The van der Waals surface area contributed by atoms with Crippen LogP contribution in [0, 0.1) is 12.8 Å². The number of β-amino-alcohol motifs (C(OH)–C–C–N with tert-alkyl or cyclic N) is 1. The Balaban J connectivity index is 1.36. The molecule has 37 heavy (non-hydrogen) atoms. The molecule has 0 spiro atoms. The summed E-state index contributed by atoms with van der Waals surface area (Å²) in [4.78, 5) is 23.3. The summed E-state index contributed by atoms with van der Waals surface area (Å²) in [6.07, 6.45) is -5.10. The molecule has 8 nitrogen and oxygen atoms in total. The molecule has 1 aromatic carbocycles. The molecule has 1 aromatic heterocycles. The maximum atomic E-state index is 12.8. The highest BCUT2D eigenvalue weighted by Gasteiger charge is 2.36.